The first-order valence-electron chi connectivity index (χ1n) is 5.54. The molecule has 0 fully saturated rings. The quantitative estimate of drug-likeness (QED) is 0.691. The minimum absolute atomic E-state index is 0.0352. The van der Waals surface area contributed by atoms with E-state index < -0.39 is 0 Å². The summed E-state index contributed by atoms with van der Waals surface area (Å²) in [6.45, 7) is 2.34. The predicted molar refractivity (Wildman–Crippen MR) is 58.6 cm³/mol. The molecule has 1 atom stereocenters. The highest BCUT2D eigenvalue weighted by atomic mass is 16.5. The van der Waals surface area contributed by atoms with Crippen molar-refractivity contribution in [2.45, 2.75) is 26.2 Å². The molecular formula is C13H16O2. The van der Waals surface area contributed by atoms with Crippen LogP contribution in [0.25, 0.3) is 0 Å². The fraction of sp³-hybridized carbons (Fsp3) is 0.462. The summed E-state index contributed by atoms with van der Waals surface area (Å²) in [4.78, 5) is 11.6. The Bertz CT molecular complexity index is 357. The van der Waals surface area contributed by atoms with Crippen LogP contribution in [0.15, 0.2) is 24.3 Å². The van der Waals surface area contributed by atoms with Crippen LogP contribution in [0.1, 0.15) is 24.5 Å². The van der Waals surface area contributed by atoms with Crippen molar-refractivity contribution in [1.82, 2.24) is 0 Å². The van der Waals surface area contributed by atoms with Gasteiger partial charge in [0.25, 0.3) is 0 Å². The van der Waals surface area contributed by atoms with Crippen molar-refractivity contribution in [2.75, 3.05) is 6.61 Å². The van der Waals surface area contributed by atoms with Crippen molar-refractivity contribution in [3.8, 4) is 0 Å². The number of benzene rings is 1. The average molecular weight is 204 g/mol. The minimum atomic E-state index is -0.0352. The van der Waals surface area contributed by atoms with Gasteiger partial charge < -0.3 is 4.74 Å². The zero-order chi connectivity index (χ0) is 10.7. The topological polar surface area (TPSA) is 26.3 Å². The van der Waals surface area contributed by atoms with Gasteiger partial charge in [-0.1, -0.05) is 24.3 Å². The first kappa shape index (κ1) is 10.2. The van der Waals surface area contributed by atoms with Crippen molar-refractivity contribution in [3.05, 3.63) is 35.4 Å². The second kappa shape index (κ2) is 4.47. The normalized spacial score (nSPS) is 19.4. The summed E-state index contributed by atoms with van der Waals surface area (Å²) in [6, 6.07) is 8.35. The number of carbonyl (C=O) groups excluding carboxylic acids is 1. The molecule has 0 spiro atoms. The molecule has 0 N–H and O–H groups in total. The molecule has 1 aromatic rings. The number of ether oxygens (including phenoxy) is 1. The molecule has 2 heteroatoms. The molecule has 1 aliphatic rings. The van der Waals surface area contributed by atoms with Crippen molar-refractivity contribution in [3.63, 3.8) is 0 Å². The fourth-order valence-electron chi connectivity index (χ4n) is 2.16. The molecule has 0 aromatic heterocycles. The number of carbonyl (C=O) groups is 1. The molecule has 0 saturated carbocycles. The van der Waals surface area contributed by atoms with E-state index >= 15 is 0 Å². The van der Waals surface area contributed by atoms with E-state index in [9.17, 15) is 4.79 Å². The van der Waals surface area contributed by atoms with Gasteiger partial charge in [0.1, 0.15) is 0 Å². The van der Waals surface area contributed by atoms with Crippen LogP contribution in [-0.4, -0.2) is 12.6 Å². The van der Waals surface area contributed by atoms with Crippen LogP contribution < -0.4 is 0 Å². The van der Waals surface area contributed by atoms with E-state index in [0.29, 0.717) is 6.61 Å². The van der Waals surface area contributed by atoms with Crippen molar-refractivity contribution in [1.29, 1.82) is 0 Å². The Kier molecular flexibility index (Phi) is 3.05. The molecule has 2 nitrogen and oxygen atoms in total. The smallest absolute Gasteiger partial charge is 0.309 e. The van der Waals surface area contributed by atoms with E-state index in [2.05, 4.69) is 18.2 Å². The maximum absolute atomic E-state index is 11.6. The molecule has 1 aliphatic carbocycles. The first-order valence-corrected chi connectivity index (χ1v) is 5.54. The Morgan fingerprint density at radius 1 is 1.40 bits per heavy atom. The summed E-state index contributed by atoms with van der Waals surface area (Å²) in [5, 5.41) is 0. The van der Waals surface area contributed by atoms with E-state index in [0.717, 1.165) is 19.3 Å². The van der Waals surface area contributed by atoms with Crippen LogP contribution in [0.5, 0.6) is 0 Å². The lowest BCUT2D eigenvalue weighted by Crippen LogP contribution is -2.24. The second-order valence-electron chi connectivity index (χ2n) is 3.96. The maximum atomic E-state index is 11.6. The van der Waals surface area contributed by atoms with Gasteiger partial charge in [-0.3, -0.25) is 4.79 Å². The van der Waals surface area contributed by atoms with E-state index in [-0.39, 0.29) is 11.9 Å². The third-order valence-corrected chi connectivity index (χ3v) is 2.97. The number of rotatable bonds is 2. The second-order valence-corrected chi connectivity index (χ2v) is 3.96. The van der Waals surface area contributed by atoms with E-state index in [1.54, 1.807) is 0 Å². The number of hydrogen-bond donors (Lipinski definition) is 0. The van der Waals surface area contributed by atoms with Crippen LogP contribution in [0, 0.1) is 5.92 Å². The Hall–Kier alpha value is -1.31. The molecule has 80 valence electrons. The number of esters is 1. The van der Waals surface area contributed by atoms with Gasteiger partial charge in [-0.05, 0) is 37.3 Å². The van der Waals surface area contributed by atoms with Crippen LogP contribution in [0.2, 0.25) is 0 Å². The van der Waals surface area contributed by atoms with Gasteiger partial charge in [-0.25, -0.2) is 0 Å². The lowest BCUT2D eigenvalue weighted by atomic mass is 9.84. The highest BCUT2D eigenvalue weighted by Crippen LogP contribution is 2.25. The van der Waals surface area contributed by atoms with Gasteiger partial charge >= 0.3 is 5.97 Å². The van der Waals surface area contributed by atoms with Crippen molar-refractivity contribution in [2.24, 2.45) is 5.92 Å². The van der Waals surface area contributed by atoms with Crippen LogP contribution in [0.4, 0.5) is 0 Å². The van der Waals surface area contributed by atoms with Crippen molar-refractivity contribution >= 4 is 5.97 Å². The molecule has 15 heavy (non-hydrogen) atoms. The van der Waals surface area contributed by atoms with E-state index in [4.69, 9.17) is 4.74 Å². The van der Waals surface area contributed by atoms with E-state index in [1.807, 2.05) is 13.0 Å². The van der Waals surface area contributed by atoms with Gasteiger partial charge in [0.15, 0.2) is 0 Å². The Balaban J connectivity index is 2.08. The number of aryl methyl sites for hydroxylation is 1. The molecule has 0 heterocycles. The van der Waals surface area contributed by atoms with Gasteiger partial charge in [0, 0.05) is 0 Å². The Morgan fingerprint density at radius 3 is 2.87 bits per heavy atom. The maximum Gasteiger partial charge on any atom is 0.309 e. The summed E-state index contributed by atoms with van der Waals surface area (Å²) in [6.07, 6.45) is 2.77. The van der Waals surface area contributed by atoms with Crippen LogP contribution in [0.3, 0.4) is 0 Å². The molecule has 0 amide bonds. The first-order chi connectivity index (χ1) is 7.31. The summed E-state index contributed by atoms with van der Waals surface area (Å²) in [7, 11) is 0. The van der Waals surface area contributed by atoms with E-state index in [1.165, 1.54) is 11.1 Å². The standard InChI is InChI=1S/C13H16O2/c1-2-15-13(14)12-8-7-10-5-3-4-6-11(10)9-12/h3-6,12H,2,7-9H2,1H3/t12-/m0/s1. The molecule has 0 aliphatic heterocycles. The highest BCUT2D eigenvalue weighted by molar-refractivity contribution is 5.73. The molecule has 0 bridgehead atoms. The third kappa shape index (κ3) is 2.20. The number of fused-ring (bicyclic) bond motifs is 1. The Labute approximate surface area is 90.3 Å². The molecule has 2 rings (SSSR count). The third-order valence-electron chi connectivity index (χ3n) is 2.97. The van der Waals surface area contributed by atoms with Crippen LogP contribution >= 0.6 is 0 Å². The zero-order valence-electron chi connectivity index (χ0n) is 9.03. The lowest BCUT2D eigenvalue weighted by Gasteiger charge is -2.22. The summed E-state index contributed by atoms with van der Waals surface area (Å²) >= 11 is 0. The van der Waals surface area contributed by atoms with Crippen LogP contribution in [-0.2, 0) is 22.4 Å². The monoisotopic (exact) mass is 204 g/mol. The lowest BCUT2D eigenvalue weighted by molar-refractivity contribution is -0.148. The average Bonchev–Trinajstić information content (AvgIpc) is 2.29. The highest BCUT2D eigenvalue weighted by Gasteiger charge is 2.25. The number of hydrogen-bond acceptors (Lipinski definition) is 2. The van der Waals surface area contributed by atoms with Gasteiger partial charge in [0.05, 0.1) is 12.5 Å². The SMILES string of the molecule is CCOC(=O)[C@H]1CCc2ccccc2C1. The fourth-order valence-corrected chi connectivity index (χ4v) is 2.16. The molecule has 1 aromatic carbocycles. The minimum Gasteiger partial charge on any atom is -0.466 e. The van der Waals surface area contributed by atoms with Gasteiger partial charge in [-0.15, -0.1) is 0 Å². The van der Waals surface area contributed by atoms with Gasteiger partial charge in [-0.2, -0.15) is 0 Å². The largest absolute Gasteiger partial charge is 0.466 e. The van der Waals surface area contributed by atoms with Crippen molar-refractivity contribution < 1.29 is 9.53 Å². The zero-order valence-corrected chi connectivity index (χ0v) is 9.03. The summed E-state index contributed by atoms with van der Waals surface area (Å²) < 4.78 is 5.06. The predicted octanol–water partition coefficient (Wildman–Crippen LogP) is 2.35. The molecule has 0 unspecified atom stereocenters. The summed E-state index contributed by atoms with van der Waals surface area (Å²) in [5.74, 6) is 0.0341. The van der Waals surface area contributed by atoms with Gasteiger partial charge in [0.2, 0.25) is 0 Å². The summed E-state index contributed by atoms with van der Waals surface area (Å²) in [5.41, 5.74) is 2.69. The molecule has 0 saturated heterocycles. The molecule has 0 radical (unpaired) electrons. The Morgan fingerprint density at radius 2 is 2.13 bits per heavy atom. The molecular weight excluding hydrogens is 188 g/mol.